The Morgan fingerprint density at radius 3 is 2.60 bits per heavy atom. The second-order valence-electron chi connectivity index (χ2n) is 7.34. The van der Waals surface area contributed by atoms with E-state index in [2.05, 4.69) is 15.6 Å². The van der Waals surface area contributed by atoms with Crippen LogP contribution in [0.15, 0.2) is 12.3 Å². The van der Waals surface area contributed by atoms with E-state index in [1.807, 2.05) is 6.92 Å². The largest absolute Gasteiger partial charge is 0.463 e. The molecular formula is C20H28F3N3O4. The Labute approximate surface area is 173 Å². The molecule has 3 N–H and O–H groups in total. The van der Waals surface area contributed by atoms with Crippen molar-refractivity contribution in [3.63, 3.8) is 0 Å². The predicted molar refractivity (Wildman–Crippen MR) is 103 cm³/mol. The van der Waals surface area contributed by atoms with Crippen molar-refractivity contribution in [3.8, 4) is 5.75 Å². The van der Waals surface area contributed by atoms with Crippen LogP contribution >= 0.6 is 0 Å². The van der Waals surface area contributed by atoms with E-state index in [0.717, 1.165) is 24.8 Å². The van der Waals surface area contributed by atoms with Gasteiger partial charge in [-0.25, -0.2) is 4.98 Å². The molecule has 1 heterocycles. The van der Waals surface area contributed by atoms with Gasteiger partial charge in [0, 0.05) is 25.6 Å². The fraction of sp³-hybridized carbons (Fsp3) is 0.650. The number of alkyl halides is 3. The molecule has 0 spiro atoms. The fourth-order valence-corrected chi connectivity index (χ4v) is 2.80. The molecule has 1 aliphatic carbocycles. The van der Waals surface area contributed by atoms with Gasteiger partial charge in [0.2, 0.25) is 5.91 Å². The van der Waals surface area contributed by atoms with Crippen LogP contribution in [0.2, 0.25) is 0 Å². The highest BCUT2D eigenvalue weighted by atomic mass is 19.4. The van der Waals surface area contributed by atoms with Crippen molar-refractivity contribution in [2.75, 3.05) is 6.54 Å². The SMILES string of the molecule is CCCNC(=O)C(CC)NC(=O)c1ncc(C2CC2)cc1O[C@H](O)CCC(F)(F)F. The van der Waals surface area contributed by atoms with Crippen molar-refractivity contribution in [1.82, 2.24) is 15.6 Å². The number of aromatic nitrogens is 1. The standard InChI is InChI=1S/C20H28F3N3O4/c1-3-9-24-18(28)14(4-2)26-19(29)17-15(10-13(11-25-17)12-5-6-12)30-16(27)7-8-20(21,22)23/h10-12,14,16,27H,3-9H2,1-2H3,(H,24,28)(H,26,29)/t14?,16-/m0/s1. The molecule has 168 valence electrons. The lowest BCUT2D eigenvalue weighted by molar-refractivity contribution is -0.149. The van der Waals surface area contributed by atoms with Gasteiger partial charge in [-0.15, -0.1) is 0 Å². The van der Waals surface area contributed by atoms with Crippen LogP contribution < -0.4 is 15.4 Å². The summed E-state index contributed by atoms with van der Waals surface area (Å²) in [4.78, 5) is 29.0. The van der Waals surface area contributed by atoms with Crippen molar-refractivity contribution < 1.29 is 32.6 Å². The Kier molecular flexibility index (Phi) is 8.45. The molecule has 0 saturated heterocycles. The van der Waals surface area contributed by atoms with Crippen LogP contribution in [0, 0.1) is 0 Å². The highest BCUT2D eigenvalue weighted by Gasteiger charge is 2.30. The van der Waals surface area contributed by atoms with E-state index in [1.54, 1.807) is 6.92 Å². The molecule has 2 atom stereocenters. The zero-order valence-electron chi connectivity index (χ0n) is 17.1. The third-order valence-corrected chi connectivity index (χ3v) is 4.65. The number of nitrogens with zero attached hydrogens (tertiary/aromatic N) is 1. The molecule has 0 radical (unpaired) electrons. The quantitative estimate of drug-likeness (QED) is 0.468. The Morgan fingerprint density at radius 1 is 1.33 bits per heavy atom. The first-order valence-electron chi connectivity index (χ1n) is 10.1. The van der Waals surface area contributed by atoms with Gasteiger partial charge in [0.15, 0.2) is 17.7 Å². The number of halogens is 3. The molecule has 2 rings (SSSR count). The summed E-state index contributed by atoms with van der Waals surface area (Å²) in [5.41, 5.74) is 0.601. The van der Waals surface area contributed by atoms with Gasteiger partial charge in [0.1, 0.15) is 6.04 Å². The highest BCUT2D eigenvalue weighted by molar-refractivity contribution is 5.98. The van der Waals surface area contributed by atoms with Gasteiger partial charge in [-0.05, 0) is 43.2 Å². The summed E-state index contributed by atoms with van der Waals surface area (Å²) in [5.74, 6) is -0.883. The number of carbonyl (C=O) groups excluding carboxylic acids is 2. The third kappa shape index (κ3) is 7.47. The summed E-state index contributed by atoms with van der Waals surface area (Å²) in [6.45, 7) is 4.11. The predicted octanol–water partition coefficient (Wildman–Crippen LogP) is 3.03. The zero-order chi connectivity index (χ0) is 22.3. The smallest absolute Gasteiger partial charge is 0.389 e. The molecule has 1 aliphatic rings. The maximum Gasteiger partial charge on any atom is 0.389 e. The highest BCUT2D eigenvalue weighted by Crippen LogP contribution is 2.41. The minimum Gasteiger partial charge on any atom is -0.463 e. The van der Waals surface area contributed by atoms with E-state index >= 15 is 0 Å². The van der Waals surface area contributed by atoms with E-state index in [1.165, 1.54) is 12.3 Å². The van der Waals surface area contributed by atoms with Crippen LogP contribution in [0.25, 0.3) is 0 Å². The Hall–Kier alpha value is -2.36. The lowest BCUT2D eigenvalue weighted by atomic mass is 10.1. The summed E-state index contributed by atoms with van der Waals surface area (Å²) >= 11 is 0. The molecule has 1 aromatic rings. The van der Waals surface area contributed by atoms with Crippen LogP contribution in [-0.4, -0.2) is 47.0 Å². The van der Waals surface area contributed by atoms with Crippen molar-refractivity contribution in [2.45, 2.75) is 76.8 Å². The molecule has 0 aliphatic heterocycles. The molecule has 1 aromatic heterocycles. The number of ether oxygens (including phenoxy) is 1. The van der Waals surface area contributed by atoms with Gasteiger partial charge in [-0.3, -0.25) is 9.59 Å². The van der Waals surface area contributed by atoms with Crippen LogP contribution in [-0.2, 0) is 4.79 Å². The Bertz CT molecular complexity index is 738. The number of nitrogens with one attached hydrogen (secondary N) is 2. The van der Waals surface area contributed by atoms with E-state index in [4.69, 9.17) is 4.74 Å². The first-order valence-corrected chi connectivity index (χ1v) is 10.1. The van der Waals surface area contributed by atoms with E-state index in [0.29, 0.717) is 13.0 Å². The van der Waals surface area contributed by atoms with Gasteiger partial charge in [-0.1, -0.05) is 13.8 Å². The minimum absolute atomic E-state index is 0.101. The minimum atomic E-state index is -4.43. The summed E-state index contributed by atoms with van der Waals surface area (Å²) in [5, 5.41) is 15.2. The fourth-order valence-electron chi connectivity index (χ4n) is 2.80. The van der Waals surface area contributed by atoms with Gasteiger partial charge in [0.25, 0.3) is 5.91 Å². The molecule has 1 unspecified atom stereocenters. The van der Waals surface area contributed by atoms with Crippen LogP contribution in [0.5, 0.6) is 5.75 Å². The Balaban J connectivity index is 2.14. The van der Waals surface area contributed by atoms with Crippen molar-refractivity contribution >= 4 is 11.8 Å². The molecule has 30 heavy (non-hydrogen) atoms. The lowest BCUT2D eigenvalue weighted by Crippen LogP contribution is -2.46. The first-order chi connectivity index (χ1) is 14.1. The Morgan fingerprint density at radius 2 is 2.03 bits per heavy atom. The maximum absolute atomic E-state index is 12.7. The molecule has 2 amide bonds. The van der Waals surface area contributed by atoms with Crippen LogP contribution in [0.3, 0.4) is 0 Å². The number of rotatable bonds is 11. The van der Waals surface area contributed by atoms with E-state index in [-0.39, 0.29) is 23.3 Å². The molecule has 10 heteroatoms. The molecule has 1 fully saturated rings. The van der Waals surface area contributed by atoms with Gasteiger partial charge in [-0.2, -0.15) is 13.2 Å². The number of hydrogen-bond acceptors (Lipinski definition) is 5. The van der Waals surface area contributed by atoms with Crippen LogP contribution in [0.1, 0.15) is 74.3 Å². The molecule has 1 saturated carbocycles. The molecule has 7 nitrogen and oxygen atoms in total. The van der Waals surface area contributed by atoms with Crippen molar-refractivity contribution in [3.05, 3.63) is 23.5 Å². The van der Waals surface area contributed by atoms with Gasteiger partial charge >= 0.3 is 6.18 Å². The first kappa shape index (κ1) is 23.9. The summed E-state index contributed by atoms with van der Waals surface area (Å²) in [7, 11) is 0. The second-order valence-corrected chi connectivity index (χ2v) is 7.34. The number of pyridine rings is 1. The third-order valence-electron chi connectivity index (χ3n) is 4.65. The summed E-state index contributed by atoms with van der Waals surface area (Å²) < 4.78 is 42.5. The van der Waals surface area contributed by atoms with E-state index in [9.17, 15) is 27.9 Å². The van der Waals surface area contributed by atoms with Crippen LogP contribution in [0.4, 0.5) is 13.2 Å². The second kappa shape index (κ2) is 10.6. The number of aliphatic hydroxyl groups is 1. The van der Waals surface area contributed by atoms with E-state index < -0.39 is 37.3 Å². The normalized spacial score (nSPS) is 15.9. The monoisotopic (exact) mass is 431 g/mol. The number of aliphatic hydroxyl groups excluding tert-OH is 1. The van der Waals surface area contributed by atoms with Gasteiger partial charge in [0.05, 0.1) is 0 Å². The lowest BCUT2D eigenvalue weighted by Gasteiger charge is -2.19. The molecule has 0 bridgehead atoms. The number of amides is 2. The molecular weight excluding hydrogens is 403 g/mol. The number of carbonyl (C=O) groups is 2. The van der Waals surface area contributed by atoms with Crippen molar-refractivity contribution in [2.24, 2.45) is 0 Å². The molecule has 0 aromatic carbocycles. The number of hydrogen-bond donors (Lipinski definition) is 3. The average Bonchev–Trinajstić information content (AvgIpc) is 3.53. The maximum atomic E-state index is 12.7. The summed E-state index contributed by atoms with van der Waals surface area (Å²) in [6, 6.07) is 0.728. The zero-order valence-corrected chi connectivity index (χ0v) is 17.1. The summed E-state index contributed by atoms with van der Waals surface area (Å²) in [6.07, 6.45) is -3.59. The topological polar surface area (TPSA) is 101 Å². The average molecular weight is 431 g/mol. The van der Waals surface area contributed by atoms with Gasteiger partial charge < -0.3 is 20.5 Å². The van der Waals surface area contributed by atoms with Crippen molar-refractivity contribution in [1.29, 1.82) is 0 Å².